The van der Waals surface area contributed by atoms with Crippen LogP contribution in [0.3, 0.4) is 0 Å². The molecule has 0 aromatic rings. The highest BCUT2D eigenvalue weighted by molar-refractivity contribution is 7.45. The molecule has 0 aliphatic heterocycles. The number of phosphoric acid groups is 1. The van der Waals surface area contributed by atoms with E-state index in [1.54, 1.807) is 0 Å². The largest absolute Gasteiger partial charge is 0.756 e. The van der Waals surface area contributed by atoms with Gasteiger partial charge in [0.25, 0.3) is 7.82 Å². The summed E-state index contributed by atoms with van der Waals surface area (Å²) in [5, 5.41) is 3.01. The molecule has 10 heteroatoms. The molecular formula is C53H103N2O7P. The number of quaternary nitrogens is 1. The van der Waals surface area contributed by atoms with E-state index in [9.17, 15) is 19.0 Å². The van der Waals surface area contributed by atoms with Crippen LogP contribution >= 0.6 is 7.82 Å². The number of amides is 1. The third-order valence-electron chi connectivity index (χ3n) is 11.9. The first-order valence-corrected chi connectivity index (χ1v) is 28.1. The predicted octanol–water partition coefficient (Wildman–Crippen LogP) is 14.8. The summed E-state index contributed by atoms with van der Waals surface area (Å²) in [7, 11) is 1.19. The van der Waals surface area contributed by atoms with Crippen molar-refractivity contribution in [3.63, 3.8) is 0 Å². The van der Waals surface area contributed by atoms with Gasteiger partial charge in [-0.15, -0.1) is 0 Å². The Hall–Kier alpha value is -1.51. The molecule has 3 unspecified atom stereocenters. The Labute approximate surface area is 390 Å². The molecule has 372 valence electrons. The Morgan fingerprint density at radius 3 is 1.37 bits per heavy atom. The van der Waals surface area contributed by atoms with Crippen LogP contribution in [0.2, 0.25) is 0 Å². The lowest BCUT2D eigenvalue weighted by molar-refractivity contribution is -0.870. The molecule has 0 spiro atoms. The number of nitrogens with zero attached hydrogens (tertiary/aromatic N) is 1. The molecule has 0 aromatic carbocycles. The number of unbranched alkanes of at least 4 members (excludes halogenated alkanes) is 30. The highest BCUT2D eigenvalue weighted by Crippen LogP contribution is 2.38. The third kappa shape index (κ3) is 45.4. The van der Waals surface area contributed by atoms with Gasteiger partial charge in [0.1, 0.15) is 19.3 Å². The topological polar surface area (TPSA) is 114 Å². The highest BCUT2D eigenvalue weighted by Gasteiger charge is 2.27. The summed E-state index contributed by atoms with van der Waals surface area (Å²) < 4.78 is 30.1. The van der Waals surface area contributed by atoms with E-state index in [2.05, 4.69) is 38.2 Å². The van der Waals surface area contributed by atoms with Crippen molar-refractivity contribution in [2.75, 3.05) is 40.9 Å². The Kier molecular flexibility index (Phi) is 43.3. The molecule has 1 amide bonds. The van der Waals surface area contributed by atoms with E-state index in [0.29, 0.717) is 17.4 Å². The number of carbonyl (C=O) groups excluding carboxylic acids is 2. The second-order valence-electron chi connectivity index (χ2n) is 19.4. The number of ether oxygens (including phenoxy) is 1. The fourth-order valence-electron chi connectivity index (χ4n) is 7.69. The third-order valence-corrected chi connectivity index (χ3v) is 12.8. The molecule has 9 nitrogen and oxygen atoms in total. The number of likely N-dealkylation sites (N-methyl/N-ethyl adjacent to an activating group) is 1. The predicted molar refractivity (Wildman–Crippen MR) is 266 cm³/mol. The van der Waals surface area contributed by atoms with E-state index < -0.39 is 20.0 Å². The van der Waals surface area contributed by atoms with Gasteiger partial charge in [0.15, 0.2) is 0 Å². The van der Waals surface area contributed by atoms with Crippen LogP contribution in [0.1, 0.15) is 252 Å². The molecule has 0 saturated heterocycles. The van der Waals surface area contributed by atoms with Gasteiger partial charge in [-0.2, -0.15) is 0 Å². The van der Waals surface area contributed by atoms with E-state index in [1.165, 1.54) is 148 Å². The molecule has 0 rings (SSSR count). The maximum Gasteiger partial charge on any atom is 0.306 e. The van der Waals surface area contributed by atoms with Crippen LogP contribution in [-0.2, 0) is 27.9 Å². The lowest BCUT2D eigenvalue weighted by Crippen LogP contribution is -2.47. The van der Waals surface area contributed by atoms with E-state index in [4.69, 9.17) is 13.8 Å². The SMILES string of the molecule is CCCCCC/C=C\CCCCCCCCCC(=O)OC(/C=C/CCCCCCCCCCC)C(COP(=O)([O-])OCC[N+](C)(C)C)NC(=O)CCCCCCCCCCCCC. The highest BCUT2D eigenvalue weighted by atomic mass is 31.2. The number of hydrogen-bond donors (Lipinski definition) is 1. The van der Waals surface area contributed by atoms with Crippen LogP contribution in [0.15, 0.2) is 24.3 Å². The Morgan fingerprint density at radius 1 is 0.540 bits per heavy atom. The molecule has 0 bridgehead atoms. The van der Waals surface area contributed by atoms with E-state index in [1.807, 2.05) is 33.3 Å². The zero-order valence-electron chi connectivity index (χ0n) is 42.3. The first-order chi connectivity index (χ1) is 30.4. The summed E-state index contributed by atoms with van der Waals surface area (Å²) in [4.78, 5) is 39.6. The Morgan fingerprint density at radius 2 is 0.921 bits per heavy atom. The summed E-state index contributed by atoms with van der Waals surface area (Å²) in [5.41, 5.74) is 0. The number of esters is 1. The molecule has 0 fully saturated rings. The first kappa shape index (κ1) is 61.5. The Balaban J connectivity index is 5.37. The maximum atomic E-state index is 13.4. The van der Waals surface area contributed by atoms with Gasteiger partial charge in [-0.3, -0.25) is 14.2 Å². The van der Waals surface area contributed by atoms with Crippen molar-refractivity contribution in [1.29, 1.82) is 0 Å². The summed E-state index contributed by atoms with van der Waals surface area (Å²) >= 11 is 0. The van der Waals surface area contributed by atoms with Crippen molar-refractivity contribution >= 4 is 19.7 Å². The van der Waals surface area contributed by atoms with Crippen molar-refractivity contribution in [3.8, 4) is 0 Å². The van der Waals surface area contributed by atoms with Crippen LogP contribution in [0, 0.1) is 0 Å². The fraction of sp³-hybridized carbons (Fsp3) is 0.887. The van der Waals surface area contributed by atoms with Crippen molar-refractivity contribution in [2.24, 2.45) is 0 Å². The van der Waals surface area contributed by atoms with E-state index >= 15 is 0 Å². The monoisotopic (exact) mass is 911 g/mol. The van der Waals surface area contributed by atoms with Gasteiger partial charge in [-0.1, -0.05) is 206 Å². The number of nitrogens with one attached hydrogen (secondary N) is 1. The van der Waals surface area contributed by atoms with Gasteiger partial charge in [-0.25, -0.2) is 0 Å². The van der Waals surface area contributed by atoms with Crippen LogP contribution in [0.5, 0.6) is 0 Å². The summed E-state index contributed by atoms with van der Waals surface area (Å²) in [6.45, 7) is 6.81. The van der Waals surface area contributed by atoms with Crippen molar-refractivity contribution in [1.82, 2.24) is 5.32 Å². The van der Waals surface area contributed by atoms with Gasteiger partial charge in [0.05, 0.1) is 33.8 Å². The minimum absolute atomic E-state index is 0.0200. The van der Waals surface area contributed by atoms with Gasteiger partial charge in [0, 0.05) is 12.8 Å². The quantitative estimate of drug-likeness (QED) is 0.0213. The molecule has 0 aliphatic carbocycles. The number of hydrogen-bond acceptors (Lipinski definition) is 7. The number of rotatable bonds is 48. The second-order valence-corrected chi connectivity index (χ2v) is 20.8. The van der Waals surface area contributed by atoms with Crippen LogP contribution in [0.25, 0.3) is 0 Å². The van der Waals surface area contributed by atoms with Crippen LogP contribution in [0.4, 0.5) is 0 Å². The molecule has 1 N–H and O–H groups in total. The standard InChI is InChI=1S/C53H103N2O7P/c1-7-10-13-16-19-22-25-26-27-28-31-34-37-40-43-46-53(57)62-51(44-41-38-35-32-29-23-20-17-14-11-8-2)50(49-61-63(58,59)60-48-47-55(4,5)6)54-52(56)45-42-39-36-33-30-24-21-18-15-12-9-3/h22,25,41,44,50-51H,7-21,23-24,26-40,42-43,45-49H2,1-6H3,(H-,54,56,58,59)/b25-22-,44-41+. The fourth-order valence-corrected chi connectivity index (χ4v) is 8.42. The molecule has 0 aromatic heterocycles. The zero-order valence-corrected chi connectivity index (χ0v) is 43.2. The second kappa shape index (κ2) is 44.3. The molecular weight excluding hydrogens is 808 g/mol. The first-order valence-electron chi connectivity index (χ1n) is 26.6. The van der Waals surface area contributed by atoms with Crippen molar-refractivity contribution in [3.05, 3.63) is 24.3 Å². The van der Waals surface area contributed by atoms with Gasteiger partial charge >= 0.3 is 5.97 Å². The summed E-state index contributed by atoms with van der Waals surface area (Å²) in [6.07, 6.45) is 48.5. The lowest BCUT2D eigenvalue weighted by Gasteiger charge is -2.30. The molecule has 63 heavy (non-hydrogen) atoms. The Bertz CT molecular complexity index is 1140. The molecule has 0 heterocycles. The normalized spacial score (nSPS) is 14.1. The number of phosphoric ester groups is 1. The van der Waals surface area contributed by atoms with E-state index in [0.717, 1.165) is 70.6 Å². The summed E-state index contributed by atoms with van der Waals surface area (Å²) in [5.74, 6) is -0.540. The zero-order chi connectivity index (χ0) is 46.5. The number of allylic oxidation sites excluding steroid dienone is 3. The average molecular weight is 911 g/mol. The minimum Gasteiger partial charge on any atom is -0.756 e. The smallest absolute Gasteiger partial charge is 0.306 e. The molecule has 0 radical (unpaired) electrons. The van der Waals surface area contributed by atoms with Gasteiger partial charge in [-0.05, 0) is 57.4 Å². The molecule has 3 atom stereocenters. The maximum absolute atomic E-state index is 13.4. The lowest BCUT2D eigenvalue weighted by atomic mass is 10.0. The van der Waals surface area contributed by atoms with E-state index in [-0.39, 0.29) is 31.5 Å². The minimum atomic E-state index is -4.68. The van der Waals surface area contributed by atoms with Crippen molar-refractivity contribution < 1.29 is 37.3 Å². The molecule has 0 aliphatic rings. The van der Waals surface area contributed by atoms with Gasteiger partial charge in [0.2, 0.25) is 5.91 Å². The van der Waals surface area contributed by atoms with Gasteiger partial charge < -0.3 is 28.5 Å². The molecule has 0 saturated carbocycles. The van der Waals surface area contributed by atoms with Crippen LogP contribution in [-0.4, -0.2) is 69.4 Å². The van der Waals surface area contributed by atoms with Crippen LogP contribution < -0.4 is 10.2 Å². The average Bonchev–Trinajstić information content (AvgIpc) is 3.23. The van der Waals surface area contributed by atoms with Crippen molar-refractivity contribution in [2.45, 2.75) is 264 Å². The summed E-state index contributed by atoms with van der Waals surface area (Å²) in [6, 6.07) is -0.881. The number of carbonyl (C=O) groups is 2.